The van der Waals surface area contributed by atoms with Gasteiger partial charge >= 0.3 is 0 Å². The molecule has 0 amide bonds. The van der Waals surface area contributed by atoms with Crippen LogP contribution in [0.3, 0.4) is 0 Å². The van der Waals surface area contributed by atoms with E-state index in [1.807, 2.05) is 42.5 Å². The number of aryl methyl sites for hydroxylation is 1. The molecule has 1 unspecified atom stereocenters. The van der Waals surface area contributed by atoms with E-state index in [1.54, 1.807) is 0 Å². The van der Waals surface area contributed by atoms with Crippen LogP contribution >= 0.6 is 12.2 Å². The third kappa shape index (κ3) is 3.31. The molecule has 0 radical (unpaired) electrons. The first-order valence-corrected chi connectivity index (χ1v) is 9.74. The Morgan fingerprint density at radius 2 is 1.79 bits per heavy atom. The molecule has 0 saturated carbocycles. The van der Waals surface area contributed by atoms with Crippen LogP contribution in [0, 0.1) is 6.92 Å². The lowest BCUT2D eigenvalue weighted by atomic mass is 9.95. The van der Waals surface area contributed by atoms with Crippen LogP contribution in [-0.2, 0) is 0 Å². The third-order valence-corrected chi connectivity index (χ3v) is 5.35. The van der Waals surface area contributed by atoms with Gasteiger partial charge in [0.1, 0.15) is 0 Å². The van der Waals surface area contributed by atoms with Crippen molar-refractivity contribution >= 4 is 22.9 Å². The quantitative estimate of drug-likeness (QED) is 0.650. The molecule has 1 aliphatic rings. The zero-order valence-corrected chi connectivity index (χ0v) is 17.0. The van der Waals surface area contributed by atoms with Crippen molar-refractivity contribution in [2.45, 2.75) is 26.8 Å². The van der Waals surface area contributed by atoms with E-state index < -0.39 is 0 Å². The maximum Gasteiger partial charge on any atom is 0.258 e. The molecule has 1 atom stereocenters. The first kappa shape index (κ1) is 18.4. The Kier molecular flexibility index (Phi) is 4.96. The van der Waals surface area contributed by atoms with Gasteiger partial charge in [-0.05, 0) is 38.6 Å². The third-order valence-electron chi connectivity index (χ3n) is 5.01. The summed E-state index contributed by atoms with van der Waals surface area (Å²) in [6, 6.07) is 18.2. The molecular formula is C22H22N4OS. The van der Waals surface area contributed by atoms with E-state index in [9.17, 15) is 0 Å². The van der Waals surface area contributed by atoms with Crippen LogP contribution in [-0.4, -0.2) is 26.7 Å². The Labute approximate surface area is 170 Å². The summed E-state index contributed by atoms with van der Waals surface area (Å²) in [4.78, 5) is 6.76. The molecule has 0 aliphatic carbocycles. The smallest absolute Gasteiger partial charge is 0.258 e. The Balaban J connectivity index is 1.80. The van der Waals surface area contributed by atoms with Crippen molar-refractivity contribution in [3.8, 4) is 11.4 Å². The van der Waals surface area contributed by atoms with E-state index in [-0.39, 0.29) is 6.04 Å². The van der Waals surface area contributed by atoms with Gasteiger partial charge < -0.3 is 14.7 Å². The van der Waals surface area contributed by atoms with Gasteiger partial charge in [0, 0.05) is 17.8 Å². The number of nitrogens with zero attached hydrogens (tertiary/aromatic N) is 3. The van der Waals surface area contributed by atoms with Crippen molar-refractivity contribution in [2.24, 2.45) is 0 Å². The van der Waals surface area contributed by atoms with Crippen molar-refractivity contribution in [3.63, 3.8) is 0 Å². The number of hydrogen-bond acceptors (Lipinski definition) is 4. The summed E-state index contributed by atoms with van der Waals surface area (Å²) in [5.41, 5.74) is 5.21. The van der Waals surface area contributed by atoms with E-state index in [1.165, 1.54) is 5.56 Å². The lowest BCUT2D eigenvalue weighted by molar-refractivity contribution is 0.398. The molecule has 2 heterocycles. The average Bonchev–Trinajstić information content (AvgIpc) is 3.18. The molecule has 2 aromatic carbocycles. The van der Waals surface area contributed by atoms with Crippen molar-refractivity contribution in [3.05, 3.63) is 77.3 Å². The zero-order valence-electron chi connectivity index (χ0n) is 16.1. The van der Waals surface area contributed by atoms with Gasteiger partial charge in [-0.3, -0.25) is 0 Å². The minimum atomic E-state index is -0.136. The topological polar surface area (TPSA) is 54.2 Å². The highest BCUT2D eigenvalue weighted by molar-refractivity contribution is 7.80. The molecule has 0 spiro atoms. The highest BCUT2D eigenvalue weighted by Crippen LogP contribution is 2.37. The summed E-state index contributed by atoms with van der Waals surface area (Å²) in [6.45, 7) is 6.95. The normalized spacial score (nSPS) is 17.0. The Morgan fingerprint density at radius 3 is 2.46 bits per heavy atom. The standard InChI is InChI=1S/C22H22N4OS/c1-4-26-15(3)18(19(23-22(26)28)16-8-6-5-7-9-16)21-24-20(25-27-21)17-12-10-14(2)11-13-17/h5-13,19H,4H2,1-3H3,(H,23,28). The van der Waals surface area contributed by atoms with E-state index >= 15 is 0 Å². The van der Waals surface area contributed by atoms with Crippen molar-refractivity contribution < 1.29 is 4.52 Å². The number of hydrogen-bond donors (Lipinski definition) is 1. The fourth-order valence-corrected chi connectivity index (χ4v) is 3.87. The van der Waals surface area contributed by atoms with Gasteiger partial charge in [-0.1, -0.05) is 65.3 Å². The highest BCUT2D eigenvalue weighted by atomic mass is 32.1. The van der Waals surface area contributed by atoms with Gasteiger partial charge in [0.15, 0.2) is 5.11 Å². The Hall–Kier alpha value is -2.99. The summed E-state index contributed by atoms with van der Waals surface area (Å²) < 4.78 is 5.71. The minimum absolute atomic E-state index is 0.136. The van der Waals surface area contributed by atoms with E-state index in [2.05, 4.69) is 48.3 Å². The van der Waals surface area contributed by atoms with Crippen LogP contribution in [0.5, 0.6) is 0 Å². The SMILES string of the molecule is CCN1C(=S)NC(c2ccccc2)C(c2nc(-c3ccc(C)cc3)no2)=C1C. The zero-order chi connectivity index (χ0) is 19.7. The molecular weight excluding hydrogens is 368 g/mol. The van der Waals surface area contributed by atoms with Gasteiger partial charge in [-0.2, -0.15) is 4.98 Å². The summed E-state index contributed by atoms with van der Waals surface area (Å²) in [7, 11) is 0. The van der Waals surface area contributed by atoms with Crippen molar-refractivity contribution in [2.75, 3.05) is 6.54 Å². The van der Waals surface area contributed by atoms with Crippen LogP contribution in [0.4, 0.5) is 0 Å². The summed E-state index contributed by atoms with van der Waals surface area (Å²) in [6.07, 6.45) is 0. The predicted octanol–water partition coefficient (Wildman–Crippen LogP) is 4.73. The van der Waals surface area contributed by atoms with Crippen molar-refractivity contribution in [1.29, 1.82) is 0 Å². The fourth-order valence-electron chi connectivity index (χ4n) is 3.49. The first-order chi connectivity index (χ1) is 13.6. The van der Waals surface area contributed by atoms with Crippen molar-refractivity contribution in [1.82, 2.24) is 20.4 Å². The van der Waals surface area contributed by atoms with Crippen LogP contribution in [0.15, 0.2) is 64.8 Å². The minimum Gasteiger partial charge on any atom is -0.351 e. The van der Waals surface area contributed by atoms with Crippen LogP contribution < -0.4 is 5.32 Å². The van der Waals surface area contributed by atoms with E-state index in [0.717, 1.165) is 28.9 Å². The molecule has 0 bridgehead atoms. The number of allylic oxidation sites excluding steroid dienone is 1. The Bertz CT molecular complexity index is 1020. The summed E-state index contributed by atoms with van der Waals surface area (Å²) >= 11 is 5.59. The highest BCUT2D eigenvalue weighted by Gasteiger charge is 2.33. The monoisotopic (exact) mass is 390 g/mol. The molecule has 1 aliphatic heterocycles. The number of rotatable bonds is 4. The lowest BCUT2D eigenvalue weighted by Crippen LogP contribution is -2.45. The van der Waals surface area contributed by atoms with E-state index in [4.69, 9.17) is 21.7 Å². The number of thiocarbonyl (C=S) groups is 1. The number of nitrogens with one attached hydrogen (secondary N) is 1. The van der Waals surface area contributed by atoms with Gasteiger partial charge in [-0.25, -0.2) is 0 Å². The second-order valence-electron chi connectivity index (χ2n) is 6.83. The Morgan fingerprint density at radius 1 is 1.07 bits per heavy atom. The molecule has 142 valence electrons. The molecule has 4 rings (SSSR count). The number of benzene rings is 2. The molecule has 1 aromatic heterocycles. The summed E-state index contributed by atoms with van der Waals surface area (Å²) in [5, 5.41) is 8.37. The molecule has 3 aromatic rings. The van der Waals surface area contributed by atoms with Crippen LogP contribution in [0.1, 0.15) is 36.9 Å². The molecule has 28 heavy (non-hydrogen) atoms. The first-order valence-electron chi connectivity index (χ1n) is 9.33. The average molecular weight is 391 g/mol. The van der Waals surface area contributed by atoms with E-state index in [0.29, 0.717) is 16.8 Å². The van der Waals surface area contributed by atoms with Gasteiger partial charge in [0.25, 0.3) is 5.89 Å². The lowest BCUT2D eigenvalue weighted by Gasteiger charge is -2.36. The van der Waals surface area contributed by atoms with Gasteiger partial charge in [0.05, 0.1) is 11.6 Å². The molecule has 0 saturated heterocycles. The molecule has 0 fully saturated rings. The van der Waals surface area contributed by atoms with Gasteiger partial charge in [0.2, 0.25) is 5.82 Å². The maximum absolute atomic E-state index is 5.71. The largest absolute Gasteiger partial charge is 0.351 e. The fraction of sp³-hybridized carbons (Fsp3) is 0.227. The summed E-state index contributed by atoms with van der Waals surface area (Å²) in [5.74, 6) is 1.09. The predicted molar refractivity (Wildman–Crippen MR) is 114 cm³/mol. The van der Waals surface area contributed by atoms with Crippen LogP contribution in [0.25, 0.3) is 17.0 Å². The van der Waals surface area contributed by atoms with Crippen LogP contribution in [0.2, 0.25) is 0 Å². The molecule has 1 N–H and O–H groups in total. The maximum atomic E-state index is 5.71. The molecule has 5 nitrogen and oxygen atoms in total. The van der Waals surface area contributed by atoms with Gasteiger partial charge in [-0.15, -0.1) is 0 Å². The second kappa shape index (κ2) is 7.56. The second-order valence-corrected chi connectivity index (χ2v) is 7.21. The molecule has 6 heteroatoms. The number of aromatic nitrogens is 2.